The highest BCUT2D eigenvalue weighted by atomic mass is 16.6. The summed E-state index contributed by atoms with van der Waals surface area (Å²) in [5, 5.41) is 7.96. The van der Waals surface area contributed by atoms with Crippen molar-refractivity contribution in [2.75, 3.05) is 18.4 Å². The molecule has 3 N–H and O–H groups in total. The van der Waals surface area contributed by atoms with E-state index >= 15 is 0 Å². The van der Waals surface area contributed by atoms with Crippen molar-refractivity contribution in [3.63, 3.8) is 0 Å². The number of hydrogen-bond acceptors (Lipinski definition) is 8. The summed E-state index contributed by atoms with van der Waals surface area (Å²) in [6.45, 7) is 3.22. The predicted molar refractivity (Wildman–Crippen MR) is 177 cm³/mol. The first-order chi connectivity index (χ1) is 23.3. The molecule has 1 saturated heterocycles. The van der Waals surface area contributed by atoms with E-state index in [0.717, 1.165) is 23.1 Å². The van der Waals surface area contributed by atoms with Crippen molar-refractivity contribution < 1.29 is 23.9 Å². The minimum atomic E-state index is -0.625. The minimum absolute atomic E-state index is 0.0543. The number of aromatic nitrogens is 3. The maximum atomic E-state index is 13.0. The zero-order valence-corrected chi connectivity index (χ0v) is 26.2. The Kier molecular flexibility index (Phi) is 8.05. The monoisotopic (exact) mass is 643 g/mol. The van der Waals surface area contributed by atoms with E-state index in [1.54, 1.807) is 45.9 Å². The number of hydrogen-bond donors (Lipinski definition) is 2. The molecular weight excluding hydrogens is 610 g/mol. The fraction of sp³-hybridized carbons (Fsp3) is 0.222. The molecule has 12 heteroatoms. The van der Waals surface area contributed by atoms with Crippen LogP contribution < -0.4 is 11.1 Å². The number of rotatable bonds is 9. The fourth-order valence-corrected chi connectivity index (χ4v) is 6.38. The number of carbonyl (C=O) groups excluding carboxylic acids is 4. The van der Waals surface area contributed by atoms with Gasteiger partial charge in [0.25, 0.3) is 17.7 Å². The van der Waals surface area contributed by atoms with E-state index in [9.17, 15) is 19.2 Å². The number of anilines is 1. The zero-order valence-electron chi connectivity index (χ0n) is 26.2. The lowest BCUT2D eigenvalue weighted by atomic mass is 10.00. The first-order valence-electron chi connectivity index (χ1n) is 15.7. The molecule has 5 heterocycles. The maximum Gasteiger partial charge on any atom is 0.410 e. The molecule has 3 aromatic heterocycles. The number of amides is 4. The van der Waals surface area contributed by atoms with Crippen molar-refractivity contribution in [1.82, 2.24) is 24.4 Å². The number of imide groups is 1. The van der Waals surface area contributed by atoms with E-state index in [4.69, 9.17) is 10.5 Å². The van der Waals surface area contributed by atoms with Crippen LogP contribution in [0.15, 0.2) is 91.4 Å². The highest BCUT2D eigenvalue weighted by Gasteiger charge is 2.37. The summed E-state index contributed by atoms with van der Waals surface area (Å²) in [7, 11) is 0. The van der Waals surface area contributed by atoms with Crippen molar-refractivity contribution in [1.29, 1.82) is 0 Å². The third kappa shape index (κ3) is 5.72. The van der Waals surface area contributed by atoms with Gasteiger partial charge in [-0.2, -0.15) is 5.10 Å². The lowest BCUT2D eigenvalue weighted by Gasteiger charge is -2.21. The number of nitrogens with zero attached hydrogens (tertiary/aromatic N) is 5. The Bertz CT molecular complexity index is 2010. The lowest BCUT2D eigenvalue weighted by Crippen LogP contribution is -2.33. The Balaban J connectivity index is 1.10. The quantitative estimate of drug-likeness (QED) is 0.218. The predicted octanol–water partition coefficient (Wildman–Crippen LogP) is 4.75. The van der Waals surface area contributed by atoms with Gasteiger partial charge in [0, 0.05) is 42.7 Å². The highest BCUT2D eigenvalue weighted by molar-refractivity contribution is 6.21. The van der Waals surface area contributed by atoms with Crippen molar-refractivity contribution in [2.45, 2.75) is 32.5 Å². The fourth-order valence-electron chi connectivity index (χ4n) is 6.38. The summed E-state index contributed by atoms with van der Waals surface area (Å²) in [4.78, 5) is 58.6. The van der Waals surface area contributed by atoms with E-state index in [0.29, 0.717) is 41.1 Å². The number of nitrogens with two attached hydrogens (primary N) is 1. The number of pyridine rings is 1. The van der Waals surface area contributed by atoms with Crippen molar-refractivity contribution in [3.8, 4) is 11.1 Å². The molecule has 0 saturated carbocycles. The number of carbonyl (C=O) groups is 4. The molecule has 0 radical (unpaired) electrons. The Hall–Kier alpha value is -6.04. The zero-order chi connectivity index (χ0) is 33.4. The molecule has 48 heavy (non-hydrogen) atoms. The van der Waals surface area contributed by atoms with Crippen LogP contribution in [0, 0.1) is 5.92 Å². The first kappa shape index (κ1) is 30.6. The van der Waals surface area contributed by atoms with E-state index in [1.165, 1.54) is 11.1 Å². The molecule has 12 nitrogen and oxygen atoms in total. The lowest BCUT2D eigenvalue weighted by molar-refractivity contribution is 0.0639. The van der Waals surface area contributed by atoms with E-state index < -0.39 is 5.91 Å². The molecule has 0 aliphatic carbocycles. The van der Waals surface area contributed by atoms with Gasteiger partial charge < -0.3 is 20.7 Å². The summed E-state index contributed by atoms with van der Waals surface area (Å²) in [6, 6.07) is 21.7. The summed E-state index contributed by atoms with van der Waals surface area (Å²) in [5.74, 6) is -1.19. The molecule has 5 aromatic rings. The Labute approximate surface area is 276 Å². The maximum absolute atomic E-state index is 13.0. The molecule has 2 aliphatic heterocycles. The largest absolute Gasteiger partial charge is 0.445 e. The Morgan fingerprint density at radius 1 is 0.938 bits per heavy atom. The summed E-state index contributed by atoms with van der Waals surface area (Å²) < 4.78 is 7.25. The third-order valence-corrected chi connectivity index (χ3v) is 9.02. The van der Waals surface area contributed by atoms with Gasteiger partial charge in [-0.3, -0.25) is 24.3 Å². The molecule has 1 fully saturated rings. The Morgan fingerprint density at radius 2 is 1.67 bits per heavy atom. The SMILES string of the molecule is CCC1CN(C(=O)OCc2ccccc2)CC1Nc1c(C(N)=O)cnn2cc(-c3ccc(CN4C(=O)c5ccccc5C4=O)nc3)cc12. The first-order valence-corrected chi connectivity index (χ1v) is 15.7. The van der Waals surface area contributed by atoms with Crippen LogP contribution in [0.5, 0.6) is 0 Å². The van der Waals surface area contributed by atoms with Gasteiger partial charge in [0.1, 0.15) is 6.61 Å². The van der Waals surface area contributed by atoms with Crippen LogP contribution in [0.25, 0.3) is 16.6 Å². The topological polar surface area (TPSA) is 152 Å². The number of benzene rings is 2. The molecule has 7 rings (SSSR count). The van der Waals surface area contributed by atoms with E-state index in [-0.39, 0.29) is 48.6 Å². The van der Waals surface area contributed by atoms with Crippen LogP contribution in [0.1, 0.15) is 55.7 Å². The molecule has 2 aliphatic rings. The van der Waals surface area contributed by atoms with Gasteiger partial charge in [0.05, 0.1) is 46.3 Å². The average molecular weight is 644 g/mol. The van der Waals surface area contributed by atoms with E-state index in [1.807, 2.05) is 48.7 Å². The highest BCUT2D eigenvalue weighted by Crippen LogP contribution is 2.32. The normalized spacial score (nSPS) is 17.2. The number of fused-ring (bicyclic) bond motifs is 2. The number of ether oxygens (including phenoxy) is 1. The smallest absolute Gasteiger partial charge is 0.410 e. The van der Waals surface area contributed by atoms with Crippen molar-refractivity contribution >= 4 is 35.0 Å². The second-order valence-corrected chi connectivity index (χ2v) is 12.0. The van der Waals surface area contributed by atoms with Crippen LogP contribution >= 0.6 is 0 Å². The van der Waals surface area contributed by atoms with Gasteiger partial charge >= 0.3 is 6.09 Å². The molecule has 242 valence electrons. The van der Waals surface area contributed by atoms with Crippen LogP contribution in [-0.2, 0) is 17.9 Å². The molecular formula is C36H33N7O5. The van der Waals surface area contributed by atoms with Crippen LogP contribution in [0.4, 0.5) is 10.5 Å². The van der Waals surface area contributed by atoms with Gasteiger partial charge in [-0.05, 0) is 42.2 Å². The number of nitrogens with one attached hydrogen (secondary N) is 1. The molecule has 4 amide bonds. The molecule has 2 aromatic carbocycles. The molecule has 0 spiro atoms. The molecule has 0 bridgehead atoms. The van der Waals surface area contributed by atoms with Gasteiger partial charge in [-0.25, -0.2) is 9.31 Å². The second-order valence-electron chi connectivity index (χ2n) is 12.0. The van der Waals surface area contributed by atoms with Crippen LogP contribution in [0.3, 0.4) is 0 Å². The average Bonchev–Trinajstić information content (AvgIpc) is 3.80. The summed E-state index contributed by atoms with van der Waals surface area (Å²) in [5.41, 5.74) is 11.0. The number of likely N-dealkylation sites (tertiary alicyclic amines) is 1. The summed E-state index contributed by atoms with van der Waals surface area (Å²) in [6.07, 6.45) is 5.35. The van der Waals surface area contributed by atoms with Gasteiger partial charge in [0.2, 0.25) is 0 Å². The standard InChI is InChI=1S/C36H33N7O5/c1-2-23-17-41(36(47)48-21-22-8-4-3-5-9-22)20-30(23)40-32-29(33(37)44)16-39-43-18-25(14-31(32)43)24-12-13-26(38-15-24)19-42-34(45)27-10-6-7-11-28(27)35(42)46/h3-16,18,23,30,40H,2,17,19-21H2,1H3,(H2,37,44). The van der Waals surface area contributed by atoms with Gasteiger partial charge in [-0.15, -0.1) is 0 Å². The van der Waals surface area contributed by atoms with Crippen molar-refractivity contribution in [3.05, 3.63) is 119 Å². The Morgan fingerprint density at radius 3 is 2.33 bits per heavy atom. The van der Waals surface area contributed by atoms with Crippen LogP contribution in [-0.4, -0.2) is 67.3 Å². The van der Waals surface area contributed by atoms with Gasteiger partial charge in [0.15, 0.2) is 0 Å². The third-order valence-electron chi connectivity index (χ3n) is 9.02. The molecule has 2 atom stereocenters. The second kappa shape index (κ2) is 12.6. The van der Waals surface area contributed by atoms with E-state index in [2.05, 4.69) is 22.3 Å². The van der Waals surface area contributed by atoms with Crippen molar-refractivity contribution in [2.24, 2.45) is 11.7 Å². The number of primary amides is 1. The van der Waals surface area contributed by atoms with Gasteiger partial charge in [-0.1, -0.05) is 55.5 Å². The van der Waals surface area contributed by atoms with Crippen LogP contribution in [0.2, 0.25) is 0 Å². The minimum Gasteiger partial charge on any atom is -0.445 e. The molecule has 2 unspecified atom stereocenters. The summed E-state index contributed by atoms with van der Waals surface area (Å²) >= 11 is 0.